The molecule has 2 aromatic rings. The predicted octanol–water partition coefficient (Wildman–Crippen LogP) is 3.28. The van der Waals surface area contributed by atoms with Crippen molar-refractivity contribution in [3.8, 4) is 6.07 Å². The van der Waals surface area contributed by atoms with Gasteiger partial charge in [0.2, 0.25) is 5.95 Å². The van der Waals surface area contributed by atoms with E-state index in [4.69, 9.17) is 0 Å². The number of benzene rings is 1. The molecule has 0 aliphatic carbocycles. The Balaban J connectivity index is 1.79. The Morgan fingerprint density at radius 1 is 1.27 bits per heavy atom. The molecule has 0 saturated carbocycles. The van der Waals surface area contributed by atoms with Gasteiger partial charge in [0.15, 0.2) is 0 Å². The molecule has 7 heteroatoms. The maximum absolute atomic E-state index is 9.23. The van der Waals surface area contributed by atoms with Gasteiger partial charge in [-0.25, -0.2) is 4.98 Å². The first-order valence-corrected chi connectivity index (χ1v) is 9.46. The van der Waals surface area contributed by atoms with E-state index in [0.29, 0.717) is 17.6 Å². The highest BCUT2D eigenvalue weighted by molar-refractivity contribution is 9.10. The highest BCUT2D eigenvalue weighted by Gasteiger charge is 2.25. The van der Waals surface area contributed by atoms with Crippen LogP contribution in [0, 0.1) is 11.3 Å². The number of hydrogen-bond donors (Lipinski definition) is 0. The summed E-state index contributed by atoms with van der Waals surface area (Å²) < 4.78 is 0.938. The third kappa shape index (κ3) is 4.07. The Morgan fingerprint density at radius 2 is 2.08 bits per heavy atom. The van der Waals surface area contributed by atoms with Crippen molar-refractivity contribution < 1.29 is 0 Å². The normalized spacial score (nSPS) is 16.9. The lowest BCUT2D eigenvalue weighted by Gasteiger charge is -2.39. The standard InChI is InChI=1S/C19H23BrN6/c1-24(2)19-22-7-6-18(23-19)25(3)16-5-4-8-26(13-16)17-10-14(12-21)9-15(20)11-17/h6-7,9-11,16H,4-5,8,13H2,1-3H3. The second kappa shape index (κ2) is 7.92. The summed E-state index contributed by atoms with van der Waals surface area (Å²) in [5.41, 5.74) is 1.77. The molecule has 0 spiro atoms. The van der Waals surface area contributed by atoms with Crippen LogP contribution in [0.3, 0.4) is 0 Å². The van der Waals surface area contributed by atoms with E-state index in [1.54, 1.807) is 0 Å². The number of likely N-dealkylation sites (N-methyl/N-ethyl adjacent to an activating group) is 1. The summed E-state index contributed by atoms with van der Waals surface area (Å²) >= 11 is 3.51. The fourth-order valence-corrected chi connectivity index (χ4v) is 3.75. The second-order valence-corrected chi connectivity index (χ2v) is 7.69. The van der Waals surface area contributed by atoms with Crippen LogP contribution in [-0.2, 0) is 0 Å². The van der Waals surface area contributed by atoms with Crippen molar-refractivity contribution in [1.82, 2.24) is 9.97 Å². The van der Waals surface area contributed by atoms with E-state index in [1.165, 1.54) is 0 Å². The van der Waals surface area contributed by atoms with Gasteiger partial charge < -0.3 is 14.7 Å². The maximum Gasteiger partial charge on any atom is 0.226 e. The number of nitriles is 1. The van der Waals surface area contributed by atoms with Crippen LogP contribution in [0.4, 0.5) is 17.5 Å². The molecule has 1 aromatic carbocycles. The first-order chi connectivity index (χ1) is 12.5. The van der Waals surface area contributed by atoms with E-state index in [1.807, 2.05) is 43.4 Å². The van der Waals surface area contributed by atoms with Gasteiger partial charge in [-0.1, -0.05) is 15.9 Å². The van der Waals surface area contributed by atoms with E-state index < -0.39 is 0 Å². The molecule has 3 rings (SSSR count). The van der Waals surface area contributed by atoms with Gasteiger partial charge in [0.1, 0.15) is 5.82 Å². The highest BCUT2D eigenvalue weighted by atomic mass is 79.9. The van der Waals surface area contributed by atoms with Crippen molar-refractivity contribution in [3.05, 3.63) is 40.5 Å². The zero-order valence-electron chi connectivity index (χ0n) is 15.4. The molecule has 0 N–H and O–H groups in total. The molecule has 1 atom stereocenters. The number of hydrogen-bond acceptors (Lipinski definition) is 6. The van der Waals surface area contributed by atoms with E-state index in [0.717, 1.165) is 41.9 Å². The molecule has 1 fully saturated rings. The topological polar surface area (TPSA) is 59.3 Å². The third-order valence-electron chi connectivity index (χ3n) is 4.71. The zero-order valence-corrected chi connectivity index (χ0v) is 16.9. The fourth-order valence-electron chi connectivity index (χ4n) is 3.26. The van der Waals surface area contributed by atoms with Gasteiger partial charge in [-0.3, -0.25) is 0 Å². The summed E-state index contributed by atoms with van der Waals surface area (Å²) in [7, 11) is 5.99. The van der Waals surface area contributed by atoms with E-state index >= 15 is 0 Å². The minimum Gasteiger partial charge on any atom is -0.369 e. The molecule has 2 heterocycles. The lowest BCUT2D eigenvalue weighted by atomic mass is 10.0. The molecule has 6 nitrogen and oxygen atoms in total. The van der Waals surface area contributed by atoms with Gasteiger partial charge in [-0.15, -0.1) is 0 Å². The summed E-state index contributed by atoms with van der Waals surface area (Å²) in [6.45, 7) is 1.90. The van der Waals surface area contributed by atoms with E-state index in [2.05, 4.69) is 54.9 Å². The van der Waals surface area contributed by atoms with Crippen LogP contribution in [0.5, 0.6) is 0 Å². The molecule has 0 radical (unpaired) electrons. The molecule has 0 amide bonds. The number of aromatic nitrogens is 2. The summed E-state index contributed by atoms with van der Waals surface area (Å²) in [6.07, 6.45) is 4.03. The van der Waals surface area contributed by atoms with Gasteiger partial charge in [-0.2, -0.15) is 10.2 Å². The molecule has 26 heavy (non-hydrogen) atoms. The highest BCUT2D eigenvalue weighted by Crippen LogP contribution is 2.28. The van der Waals surface area contributed by atoms with Gasteiger partial charge in [0.25, 0.3) is 0 Å². The lowest BCUT2D eigenvalue weighted by Crippen LogP contribution is -2.47. The van der Waals surface area contributed by atoms with Crippen LogP contribution in [-0.4, -0.2) is 50.2 Å². The molecule has 1 aliphatic heterocycles. The van der Waals surface area contributed by atoms with E-state index in [-0.39, 0.29) is 0 Å². The van der Waals surface area contributed by atoms with Gasteiger partial charge in [0, 0.05) is 56.6 Å². The smallest absolute Gasteiger partial charge is 0.226 e. The van der Waals surface area contributed by atoms with Crippen molar-refractivity contribution >= 4 is 33.4 Å². The average Bonchev–Trinajstić information content (AvgIpc) is 2.67. The first kappa shape index (κ1) is 18.5. The fraction of sp³-hybridized carbons (Fsp3) is 0.421. The predicted molar refractivity (Wildman–Crippen MR) is 109 cm³/mol. The molecule has 1 saturated heterocycles. The Hall–Kier alpha value is -2.33. The Bertz CT molecular complexity index is 816. The van der Waals surface area contributed by atoms with Gasteiger partial charge in [0.05, 0.1) is 11.6 Å². The quantitative estimate of drug-likeness (QED) is 0.764. The first-order valence-electron chi connectivity index (χ1n) is 8.67. The number of rotatable bonds is 4. The summed E-state index contributed by atoms with van der Waals surface area (Å²) in [5, 5.41) is 9.23. The van der Waals surface area contributed by atoms with Crippen molar-refractivity contribution in [2.45, 2.75) is 18.9 Å². The van der Waals surface area contributed by atoms with Crippen molar-refractivity contribution in [2.75, 3.05) is 48.9 Å². The number of piperidine rings is 1. The van der Waals surface area contributed by atoms with Crippen LogP contribution in [0.2, 0.25) is 0 Å². The third-order valence-corrected chi connectivity index (χ3v) is 5.17. The van der Waals surface area contributed by atoms with Crippen LogP contribution >= 0.6 is 15.9 Å². The monoisotopic (exact) mass is 414 g/mol. The SMILES string of the molecule is CN(C)c1nccc(N(C)C2CCCN(c3cc(Br)cc(C#N)c3)C2)n1. The zero-order chi connectivity index (χ0) is 18.7. The Labute approximate surface area is 163 Å². The molecule has 1 unspecified atom stereocenters. The molecular formula is C19H23BrN6. The van der Waals surface area contributed by atoms with Crippen molar-refractivity contribution in [1.29, 1.82) is 5.26 Å². The molecule has 1 aromatic heterocycles. The van der Waals surface area contributed by atoms with Crippen molar-refractivity contribution in [2.24, 2.45) is 0 Å². The van der Waals surface area contributed by atoms with Gasteiger partial charge in [-0.05, 0) is 37.1 Å². The van der Waals surface area contributed by atoms with Crippen LogP contribution in [0.15, 0.2) is 34.9 Å². The summed E-state index contributed by atoms with van der Waals surface area (Å²) in [4.78, 5) is 15.5. The van der Waals surface area contributed by atoms with Crippen LogP contribution in [0.1, 0.15) is 18.4 Å². The number of halogens is 1. The maximum atomic E-state index is 9.23. The Kier molecular flexibility index (Phi) is 5.62. The summed E-state index contributed by atoms with van der Waals surface area (Å²) in [5.74, 6) is 1.65. The van der Waals surface area contributed by atoms with Crippen LogP contribution < -0.4 is 14.7 Å². The molecular weight excluding hydrogens is 392 g/mol. The largest absolute Gasteiger partial charge is 0.369 e. The minimum absolute atomic E-state index is 0.359. The molecule has 136 valence electrons. The molecule has 1 aliphatic rings. The second-order valence-electron chi connectivity index (χ2n) is 6.77. The number of anilines is 3. The van der Waals surface area contributed by atoms with Crippen LogP contribution in [0.25, 0.3) is 0 Å². The summed E-state index contributed by atoms with van der Waals surface area (Å²) in [6, 6.07) is 10.4. The van der Waals surface area contributed by atoms with Gasteiger partial charge >= 0.3 is 0 Å². The average molecular weight is 415 g/mol. The van der Waals surface area contributed by atoms with Crippen molar-refractivity contribution in [3.63, 3.8) is 0 Å². The molecule has 0 bridgehead atoms. The minimum atomic E-state index is 0.359. The number of nitrogens with zero attached hydrogens (tertiary/aromatic N) is 6. The Morgan fingerprint density at radius 3 is 2.81 bits per heavy atom. The lowest BCUT2D eigenvalue weighted by molar-refractivity contribution is 0.486. The van der Waals surface area contributed by atoms with E-state index in [9.17, 15) is 5.26 Å².